The van der Waals surface area contributed by atoms with Gasteiger partial charge in [-0.05, 0) is 48.6 Å². The molecule has 39 heavy (non-hydrogen) atoms. The number of fused-ring (bicyclic) bond motifs is 1. The van der Waals surface area contributed by atoms with Gasteiger partial charge in [0.25, 0.3) is 0 Å². The number of rotatable bonds is 9. The third kappa shape index (κ3) is 5.70. The van der Waals surface area contributed by atoms with Crippen LogP contribution in [0.2, 0.25) is 0 Å². The van der Waals surface area contributed by atoms with Crippen LogP contribution in [0.5, 0.6) is 5.75 Å². The third-order valence-electron chi connectivity index (χ3n) is 7.14. The number of aromatic amines is 1. The van der Waals surface area contributed by atoms with Crippen LogP contribution in [0.4, 0.5) is 22.4 Å². The number of hydrogen-bond acceptors (Lipinski definition) is 9. The Balaban J connectivity index is 1.16. The van der Waals surface area contributed by atoms with Gasteiger partial charge in [0.05, 0.1) is 18.1 Å². The molecule has 0 unspecified atom stereocenters. The smallest absolute Gasteiger partial charge is 0.407 e. The highest BCUT2D eigenvalue weighted by Crippen LogP contribution is 2.36. The van der Waals surface area contributed by atoms with Crippen molar-refractivity contribution < 1.29 is 14.6 Å². The van der Waals surface area contributed by atoms with Gasteiger partial charge in [0.1, 0.15) is 17.8 Å². The summed E-state index contributed by atoms with van der Waals surface area (Å²) in [6.07, 6.45) is 4.98. The van der Waals surface area contributed by atoms with E-state index in [4.69, 9.17) is 9.84 Å². The van der Waals surface area contributed by atoms with Crippen LogP contribution >= 0.6 is 0 Å². The number of H-pyrrole nitrogens is 1. The minimum Gasteiger partial charge on any atom is -0.491 e. The Morgan fingerprint density at radius 2 is 1.97 bits per heavy atom. The molecule has 1 aromatic carbocycles. The molecule has 1 saturated carbocycles. The molecule has 0 bridgehead atoms. The van der Waals surface area contributed by atoms with E-state index in [1.165, 1.54) is 17.7 Å². The number of nitrogens with one attached hydrogen (secondary N) is 3. The second-order valence-electron chi connectivity index (χ2n) is 9.97. The zero-order valence-electron chi connectivity index (χ0n) is 21.7. The maximum Gasteiger partial charge on any atom is 0.407 e. The summed E-state index contributed by atoms with van der Waals surface area (Å²) in [5, 5.41) is 15.8. The normalized spacial score (nSPS) is 15.9. The summed E-state index contributed by atoms with van der Waals surface area (Å²) in [6, 6.07) is 9.90. The van der Waals surface area contributed by atoms with Crippen molar-refractivity contribution in [1.82, 2.24) is 34.7 Å². The number of hydrogen-bond donors (Lipinski definition) is 4. The maximum absolute atomic E-state index is 11.1. The molecule has 0 atom stereocenters. The van der Waals surface area contributed by atoms with E-state index in [2.05, 4.69) is 40.5 Å². The fourth-order valence-corrected chi connectivity index (χ4v) is 4.80. The second-order valence-corrected chi connectivity index (χ2v) is 9.97. The summed E-state index contributed by atoms with van der Waals surface area (Å²) in [7, 11) is 1.64. The Kier molecular flexibility index (Phi) is 6.84. The quantitative estimate of drug-likeness (QED) is 0.253. The number of piperazine rings is 1. The Hall–Kier alpha value is -4.45. The highest BCUT2D eigenvalue weighted by Gasteiger charge is 2.23. The van der Waals surface area contributed by atoms with Gasteiger partial charge in [-0.2, -0.15) is 0 Å². The summed E-state index contributed by atoms with van der Waals surface area (Å²) < 4.78 is 5.70. The van der Waals surface area contributed by atoms with E-state index < -0.39 is 6.09 Å². The molecule has 1 amide bonds. The number of benzene rings is 1. The van der Waals surface area contributed by atoms with E-state index in [9.17, 15) is 4.79 Å². The maximum atomic E-state index is 11.1. The summed E-state index contributed by atoms with van der Waals surface area (Å²) >= 11 is 0. The van der Waals surface area contributed by atoms with Crippen molar-refractivity contribution in [2.45, 2.75) is 19.4 Å². The molecule has 1 aliphatic carbocycles. The molecule has 202 valence electrons. The highest BCUT2D eigenvalue weighted by atomic mass is 16.5. The first-order valence-corrected chi connectivity index (χ1v) is 13.1. The molecule has 12 nitrogen and oxygen atoms in total. The van der Waals surface area contributed by atoms with Gasteiger partial charge < -0.3 is 30.4 Å². The van der Waals surface area contributed by atoms with Crippen molar-refractivity contribution >= 4 is 34.7 Å². The highest BCUT2D eigenvalue weighted by molar-refractivity contribution is 5.85. The molecule has 4 aromatic rings. The first kappa shape index (κ1) is 24.9. The molecular weight excluding hydrogens is 498 g/mol. The van der Waals surface area contributed by atoms with Gasteiger partial charge in [-0.3, -0.25) is 4.90 Å². The fraction of sp³-hybridized carbons (Fsp3) is 0.370. The lowest BCUT2D eigenvalue weighted by Gasteiger charge is -2.33. The zero-order valence-corrected chi connectivity index (χ0v) is 21.7. The third-order valence-corrected chi connectivity index (χ3v) is 7.14. The topological polar surface area (TPSA) is 144 Å². The lowest BCUT2D eigenvalue weighted by Crippen LogP contribution is -2.47. The van der Waals surface area contributed by atoms with Crippen molar-refractivity contribution in [2.24, 2.45) is 5.92 Å². The van der Waals surface area contributed by atoms with E-state index in [-0.39, 0.29) is 0 Å². The Bertz CT molecular complexity index is 1480. The van der Waals surface area contributed by atoms with E-state index in [1.807, 2.05) is 30.3 Å². The first-order valence-electron chi connectivity index (χ1n) is 13.1. The molecule has 0 radical (unpaired) electrons. The van der Waals surface area contributed by atoms with E-state index in [0.29, 0.717) is 55.4 Å². The monoisotopic (exact) mass is 529 g/mol. The van der Waals surface area contributed by atoms with Gasteiger partial charge in [-0.25, -0.2) is 24.7 Å². The van der Waals surface area contributed by atoms with Crippen LogP contribution in [-0.4, -0.2) is 85.8 Å². The number of nitrogens with zero attached hydrogens (tertiary/aromatic N) is 6. The number of carboxylic acid groups (broad SMARTS) is 1. The number of carbonyl (C=O) groups is 1. The number of imidazole rings is 1. The van der Waals surface area contributed by atoms with Gasteiger partial charge >= 0.3 is 6.09 Å². The van der Waals surface area contributed by atoms with Crippen molar-refractivity contribution in [3.05, 3.63) is 48.4 Å². The van der Waals surface area contributed by atoms with Crippen molar-refractivity contribution in [1.29, 1.82) is 0 Å². The number of aromatic nitrogens is 5. The second kappa shape index (κ2) is 10.7. The van der Waals surface area contributed by atoms with Crippen LogP contribution < -0.4 is 15.4 Å². The lowest BCUT2D eigenvalue weighted by molar-refractivity contribution is 0.103. The minimum absolute atomic E-state index is 0.520. The summed E-state index contributed by atoms with van der Waals surface area (Å²) in [6.45, 7) is 4.07. The molecule has 1 aliphatic heterocycles. The SMILES string of the molecule is COc1c(NCC2CC2)ncnc1-c1ccc2nc(Nc3cc(CN4CCN(C(=O)O)CC4)ccn3)[nH]c2c1. The predicted molar refractivity (Wildman–Crippen MR) is 147 cm³/mol. The van der Waals surface area contributed by atoms with Gasteiger partial charge in [-0.15, -0.1) is 0 Å². The Morgan fingerprint density at radius 1 is 1.13 bits per heavy atom. The molecule has 0 spiro atoms. The van der Waals surface area contributed by atoms with Crippen LogP contribution in [-0.2, 0) is 6.54 Å². The summed E-state index contributed by atoms with van der Waals surface area (Å²) in [5.74, 6) is 3.31. The summed E-state index contributed by atoms with van der Waals surface area (Å²) in [5.41, 5.74) is 4.38. The zero-order chi connectivity index (χ0) is 26.8. The van der Waals surface area contributed by atoms with Crippen LogP contribution in [0, 0.1) is 5.92 Å². The van der Waals surface area contributed by atoms with Crippen molar-refractivity contribution in [3.63, 3.8) is 0 Å². The van der Waals surface area contributed by atoms with Crippen LogP contribution in [0.15, 0.2) is 42.9 Å². The van der Waals surface area contributed by atoms with Crippen LogP contribution in [0.3, 0.4) is 0 Å². The average Bonchev–Trinajstić information content (AvgIpc) is 3.69. The molecule has 6 rings (SSSR count). The molecular formula is C27H31N9O3. The lowest BCUT2D eigenvalue weighted by atomic mass is 10.1. The number of amides is 1. The molecule has 1 saturated heterocycles. The molecule has 2 fully saturated rings. The van der Waals surface area contributed by atoms with E-state index in [0.717, 1.165) is 40.9 Å². The van der Waals surface area contributed by atoms with Gasteiger partial charge in [0.2, 0.25) is 5.95 Å². The number of ether oxygens (including phenoxy) is 1. The van der Waals surface area contributed by atoms with Crippen LogP contribution in [0.1, 0.15) is 18.4 Å². The van der Waals surface area contributed by atoms with Gasteiger partial charge in [0, 0.05) is 51.0 Å². The Morgan fingerprint density at radius 3 is 2.74 bits per heavy atom. The molecule has 4 N–H and O–H groups in total. The standard InChI is InChI=1S/C27H31N9O3/c1-39-24-23(30-16-31-25(24)29-14-17-2-3-17)19-4-5-20-21(13-19)33-26(32-20)34-22-12-18(6-7-28-22)15-35-8-10-36(11-9-35)27(37)38/h4-7,12-13,16-17H,2-3,8-11,14-15H2,1H3,(H,37,38)(H,29,30,31)(H2,28,32,33,34). The molecule has 4 heterocycles. The predicted octanol–water partition coefficient (Wildman–Crippen LogP) is 3.78. The van der Waals surface area contributed by atoms with Crippen molar-refractivity contribution in [3.8, 4) is 17.0 Å². The van der Waals surface area contributed by atoms with E-state index in [1.54, 1.807) is 19.6 Å². The van der Waals surface area contributed by atoms with Crippen molar-refractivity contribution in [2.75, 3.05) is 50.5 Å². The average molecular weight is 530 g/mol. The van der Waals surface area contributed by atoms with E-state index >= 15 is 0 Å². The summed E-state index contributed by atoms with van der Waals surface area (Å²) in [4.78, 5) is 36.2. The Labute approximate surface area is 225 Å². The largest absolute Gasteiger partial charge is 0.491 e. The fourth-order valence-electron chi connectivity index (χ4n) is 4.80. The molecule has 2 aliphatic rings. The number of anilines is 3. The van der Waals surface area contributed by atoms with Crippen LogP contribution in [0.25, 0.3) is 22.3 Å². The first-order chi connectivity index (χ1) is 19.1. The number of methoxy groups -OCH3 is 1. The minimum atomic E-state index is -0.857. The van der Waals surface area contributed by atoms with Gasteiger partial charge in [-0.1, -0.05) is 6.07 Å². The van der Waals surface area contributed by atoms with Gasteiger partial charge in [0.15, 0.2) is 11.6 Å². The molecule has 12 heteroatoms. The number of pyridine rings is 1. The molecule has 3 aromatic heterocycles.